The van der Waals surface area contributed by atoms with Crippen molar-refractivity contribution in [2.75, 3.05) is 0 Å². The minimum atomic E-state index is -0.0971. The molecule has 1 aromatic carbocycles. The van der Waals surface area contributed by atoms with Crippen molar-refractivity contribution in [2.24, 2.45) is 0 Å². The summed E-state index contributed by atoms with van der Waals surface area (Å²) < 4.78 is 0. The Morgan fingerprint density at radius 3 is 1.81 bits per heavy atom. The first-order valence-electron chi connectivity index (χ1n) is 8.53. The molecule has 21 heavy (non-hydrogen) atoms. The number of aliphatic hydroxyl groups excluding tert-OH is 2. The fourth-order valence-corrected chi connectivity index (χ4v) is 2.16. The first-order chi connectivity index (χ1) is 10.2. The molecule has 0 fully saturated rings. The van der Waals surface area contributed by atoms with Crippen LogP contribution in [-0.4, -0.2) is 16.3 Å². The van der Waals surface area contributed by atoms with Crippen LogP contribution in [0.3, 0.4) is 0 Å². The third-order valence-electron chi connectivity index (χ3n) is 3.50. The Balaban J connectivity index is 0.000000423. The minimum Gasteiger partial charge on any atom is -0.393 e. The van der Waals surface area contributed by atoms with Crippen LogP contribution in [0.4, 0.5) is 0 Å². The summed E-state index contributed by atoms with van der Waals surface area (Å²) in [7, 11) is 0. The van der Waals surface area contributed by atoms with Crippen molar-refractivity contribution in [3.05, 3.63) is 35.9 Å². The Hall–Kier alpha value is -0.860. The van der Waals surface area contributed by atoms with E-state index in [1.54, 1.807) is 0 Å². The molecular formula is C19H34O2. The molecule has 1 rings (SSSR count). The van der Waals surface area contributed by atoms with E-state index < -0.39 is 0 Å². The first-order valence-corrected chi connectivity index (χ1v) is 8.53. The van der Waals surface area contributed by atoms with Crippen LogP contribution in [0.2, 0.25) is 0 Å². The fraction of sp³-hybridized carbons (Fsp3) is 0.684. The van der Waals surface area contributed by atoms with E-state index >= 15 is 0 Å². The van der Waals surface area contributed by atoms with Crippen LogP contribution in [-0.2, 0) is 6.61 Å². The van der Waals surface area contributed by atoms with Crippen LogP contribution < -0.4 is 0 Å². The predicted octanol–water partition coefficient (Wildman–Crippen LogP) is 5.08. The third-order valence-corrected chi connectivity index (χ3v) is 3.50. The second kappa shape index (κ2) is 15.5. The number of hydrogen-bond acceptors (Lipinski definition) is 2. The summed E-state index contributed by atoms with van der Waals surface area (Å²) in [5.41, 5.74) is 0.965. The highest BCUT2D eigenvalue weighted by atomic mass is 16.3. The van der Waals surface area contributed by atoms with Gasteiger partial charge in [-0.1, -0.05) is 88.6 Å². The molecule has 0 saturated heterocycles. The van der Waals surface area contributed by atoms with Gasteiger partial charge < -0.3 is 10.2 Å². The molecule has 0 aliphatic rings. The number of rotatable bonds is 10. The summed E-state index contributed by atoms with van der Waals surface area (Å²) in [6.45, 7) is 4.27. The molecule has 0 amide bonds. The van der Waals surface area contributed by atoms with Crippen molar-refractivity contribution >= 4 is 0 Å². The van der Waals surface area contributed by atoms with Gasteiger partial charge in [0.25, 0.3) is 0 Å². The monoisotopic (exact) mass is 294 g/mol. The predicted molar refractivity (Wildman–Crippen MR) is 91.3 cm³/mol. The molecule has 1 atom stereocenters. The molecule has 0 aliphatic heterocycles. The van der Waals surface area contributed by atoms with Gasteiger partial charge >= 0.3 is 0 Å². The molecule has 0 aliphatic carbocycles. The molecule has 0 radical (unpaired) electrons. The second-order valence-corrected chi connectivity index (χ2v) is 5.76. The molecule has 1 unspecified atom stereocenters. The lowest BCUT2D eigenvalue weighted by Gasteiger charge is -2.03. The van der Waals surface area contributed by atoms with Crippen LogP contribution in [0.1, 0.15) is 77.2 Å². The van der Waals surface area contributed by atoms with E-state index in [0.717, 1.165) is 12.0 Å². The number of unbranched alkanes of at least 4 members (excludes halogenated alkanes) is 7. The van der Waals surface area contributed by atoms with Gasteiger partial charge in [-0.25, -0.2) is 0 Å². The SMILES string of the molecule is CCCCCCCCCCC(C)O.OCc1ccccc1. The highest BCUT2D eigenvalue weighted by molar-refractivity contribution is 5.12. The smallest absolute Gasteiger partial charge is 0.0681 e. The zero-order valence-corrected chi connectivity index (χ0v) is 13.9. The minimum absolute atomic E-state index is 0.0971. The molecular weight excluding hydrogens is 260 g/mol. The number of aliphatic hydroxyl groups is 2. The highest BCUT2D eigenvalue weighted by Gasteiger charge is 1.95. The Morgan fingerprint density at radius 2 is 1.38 bits per heavy atom. The van der Waals surface area contributed by atoms with Gasteiger partial charge in [-0.05, 0) is 18.9 Å². The molecule has 0 spiro atoms. The molecule has 122 valence electrons. The second-order valence-electron chi connectivity index (χ2n) is 5.76. The molecule has 0 aromatic heterocycles. The lowest BCUT2D eigenvalue weighted by molar-refractivity contribution is 0.180. The maximum Gasteiger partial charge on any atom is 0.0681 e. The zero-order chi connectivity index (χ0) is 15.8. The summed E-state index contributed by atoms with van der Waals surface area (Å²) in [5.74, 6) is 0. The van der Waals surface area contributed by atoms with Gasteiger partial charge in [-0.15, -0.1) is 0 Å². The largest absolute Gasteiger partial charge is 0.393 e. The van der Waals surface area contributed by atoms with Crippen molar-refractivity contribution in [1.82, 2.24) is 0 Å². The standard InChI is InChI=1S/C12H26O.C7H8O/c1-3-4-5-6-7-8-9-10-11-12(2)13;8-6-7-4-2-1-3-5-7/h12-13H,3-11H2,1-2H3;1-5,8H,6H2. The number of benzene rings is 1. The summed E-state index contributed by atoms with van der Waals surface area (Å²) in [5, 5.41) is 17.6. The third kappa shape index (κ3) is 15.3. The van der Waals surface area contributed by atoms with E-state index in [-0.39, 0.29) is 12.7 Å². The van der Waals surface area contributed by atoms with Gasteiger partial charge in [-0.3, -0.25) is 0 Å². The van der Waals surface area contributed by atoms with Crippen molar-refractivity contribution < 1.29 is 10.2 Å². The van der Waals surface area contributed by atoms with E-state index in [4.69, 9.17) is 10.2 Å². The van der Waals surface area contributed by atoms with E-state index in [0.29, 0.717) is 0 Å². The maximum absolute atomic E-state index is 9.03. The van der Waals surface area contributed by atoms with Crippen LogP contribution in [0.15, 0.2) is 30.3 Å². The lowest BCUT2D eigenvalue weighted by Crippen LogP contribution is -1.98. The Kier molecular flexibility index (Phi) is 14.9. The summed E-state index contributed by atoms with van der Waals surface area (Å²) in [6, 6.07) is 9.52. The Labute approximate surface area is 131 Å². The van der Waals surface area contributed by atoms with Crippen molar-refractivity contribution in [3.8, 4) is 0 Å². The van der Waals surface area contributed by atoms with E-state index in [9.17, 15) is 0 Å². The van der Waals surface area contributed by atoms with E-state index in [1.807, 2.05) is 37.3 Å². The van der Waals surface area contributed by atoms with Crippen LogP contribution >= 0.6 is 0 Å². The van der Waals surface area contributed by atoms with Gasteiger partial charge in [0.1, 0.15) is 0 Å². The van der Waals surface area contributed by atoms with Crippen molar-refractivity contribution in [1.29, 1.82) is 0 Å². The van der Waals surface area contributed by atoms with Gasteiger partial charge in [0.05, 0.1) is 12.7 Å². The molecule has 2 heteroatoms. The normalized spacial score (nSPS) is 11.6. The molecule has 0 saturated carbocycles. The molecule has 0 bridgehead atoms. The summed E-state index contributed by atoms with van der Waals surface area (Å²) >= 11 is 0. The molecule has 2 nitrogen and oxygen atoms in total. The average molecular weight is 294 g/mol. The van der Waals surface area contributed by atoms with Crippen molar-refractivity contribution in [3.63, 3.8) is 0 Å². The summed E-state index contributed by atoms with van der Waals surface area (Å²) in [4.78, 5) is 0. The summed E-state index contributed by atoms with van der Waals surface area (Å²) in [6.07, 6.45) is 11.7. The van der Waals surface area contributed by atoms with Crippen molar-refractivity contribution in [2.45, 2.75) is 84.3 Å². The quantitative estimate of drug-likeness (QED) is 0.591. The highest BCUT2D eigenvalue weighted by Crippen LogP contribution is 2.10. The van der Waals surface area contributed by atoms with Gasteiger partial charge in [0, 0.05) is 0 Å². The van der Waals surface area contributed by atoms with Crippen LogP contribution in [0.25, 0.3) is 0 Å². The van der Waals surface area contributed by atoms with E-state index in [2.05, 4.69) is 6.92 Å². The lowest BCUT2D eigenvalue weighted by atomic mass is 10.1. The fourth-order valence-electron chi connectivity index (χ4n) is 2.16. The Morgan fingerprint density at radius 1 is 0.857 bits per heavy atom. The van der Waals surface area contributed by atoms with E-state index in [1.165, 1.54) is 51.4 Å². The Bertz CT molecular complexity index is 296. The van der Waals surface area contributed by atoms with Crippen LogP contribution in [0, 0.1) is 0 Å². The maximum atomic E-state index is 9.03. The topological polar surface area (TPSA) is 40.5 Å². The first kappa shape index (κ1) is 20.1. The van der Waals surface area contributed by atoms with Gasteiger partial charge in [0.15, 0.2) is 0 Å². The number of hydrogen-bond donors (Lipinski definition) is 2. The van der Waals surface area contributed by atoms with Gasteiger partial charge in [0.2, 0.25) is 0 Å². The molecule has 0 heterocycles. The molecule has 2 N–H and O–H groups in total. The molecule has 1 aromatic rings. The zero-order valence-electron chi connectivity index (χ0n) is 13.9. The van der Waals surface area contributed by atoms with Crippen LogP contribution in [0.5, 0.6) is 0 Å². The average Bonchev–Trinajstić information content (AvgIpc) is 2.51. The van der Waals surface area contributed by atoms with Gasteiger partial charge in [-0.2, -0.15) is 0 Å².